The normalized spacial score (nSPS) is 11.2. The first-order chi connectivity index (χ1) is 9.32. The molecule has 4 nitrogen and oxygen atoms in total. The zero-order valence-corrected chi connectivity index (χ0v) is 10.8. The van der Waals surface area contributed by atoms with E-state index in [1.54, 1.807) is 0 Å². The molecule has 106 valence electrons. The molecule has 1 aromatic heterocycles. The fourth-order valence-electron chi connectivity index (χ4n) is 1.65. The third-order valence-corrected chi connectivity index (χ3v) is 2.33. The molecule has 0 saturated heterocycles. The average Bonchev–Trinajstić information content (AvgIpc) is 2.28. The van der Waals surface area contributed by atoms with Gasteiger partial charge in [-0.2, -0.15) is 0 Å². The molecule has 0 aliphatic heterocycles. The summed E-state index contributed by atoms with van der Waals surface area (Å²) in [6, 6.07) is 7.19. The van der Waals surface area contributed by atoms with Gasteiger partial charge < -0.3 is 10.1 Å². The van der Waals surface area contributed by atoms with Gasteiger partial charge in [-0.3, -0.25) is 0 Å². The molecule has 1 heterocycles. The lowest BCUT2D eigenvalue weighted by Gasteiger charge is -2.10. The average molecular weight is 283 g/mol. The highest BCUT2D eigenvalue weighted by molar-refractivity contribution is 5.54. The van der Waals surface area contributed by atoms with E-state index in [-0.39, 0.29) is 5.75 Å². The minimum absolute atomic E-state index is 0.274. The van der Waals surface area contributed by atoms with Crippen LogP contribution in [0.3, 0.4) is 0 Å². The van der Waals surface area contributed by atoms with E-state index in [1.807, 2.05) is 19.9 Å². The van der Waals surface area contributed by atoms with Crippen LogP contribution in [0.2, 0.25) is 0 Å². The number of hydrogen-bond donors (Lipinski definition) is 1. The molecule has 7 heteroatoms. The van der Waals surface area contributed by atoms with Crippen molar-refractivity contribution in [2.75, 3.05) is 5.32 Å². The van der Waals surface area contributed by atoms with Crippen molar-refractivity contribution in [3.8, 4) is 5.75 Å². The highest BCUT2D eigenvalue weighted by Crippen LogP contribution is 2.24. The first-order valence-corrected chi connectivity index (χ1v) is 5.77. The zero-order valence-electron chi connectivity index (χ0n) is 10.8. The summed E-state index contributed by atoms with van der Waals surface area (Å²) in [5.74, 6) is 0.122. The monoisotopic (exact) mass is 283 g/mol. The largest absolute Gasteiger partial charge is 0.573 e. The number of nitrogens with one attached hydrogen (secondary N) is 1. The third kappa shape index (κ3) is 4.11. The van der Waals surface area contributed by atoms with Crippen molar-refractivity contribution >= 4 is 11.6 Å². The molecule has 20 heavy (non-hydrogen) atoms. The van der Waals surface area contributed by atoms with Crippen LogP contribution in [0, 0.1) is 13.8 Å². The van der Waals surface area contributed by atoms with Crippen LogP contribution < -0.4 is 10.1 Å². The van der Waals surface area contributed by atoms with Gasteiger partial charge in [0.15, 0.2) is 0 Å². The summed E-state index contributed by atoms with van der Waals surface area (Å²) in [7, 11) is 0. The van der Waals surface area contributed by atoms with Crippen molar-refractivity contribution in [2.24, 2.45) is 0 Å². The fourth-order valence-corrected chi connectivity index (χ4v) is 1.65. The van der Waals surface area contributed by atoms with E-state index in [0.717, 1.165) is 11.4 Å². The molecule has 0 aliphatic rings. The van der Waals surface area contributed by atoms with E-state index >= 15 is 0 Å². The second-order valence-corrected chi connectivity index (χ2v) is 4.17. The maximum absolute atomic E-state index is 12.0. The molecule has 0 bridgehead atoms. The minimum Gasteiger partial charge on any atom is -0.406 e. The number of anilines is 2. The van der Waals surface area contributed by atoms with Crippen molar-refractivity contribution in [3.63, 3.8) is 0 Å². The van der Waals surface area contributed by atoms with Gasteiger partial charge in [0.1, 0.15) is 5.75 Å². The molecule has 0 radical (unpaired) electrons. The molecular formula is C13H12F3N3O. The van der Waals surface area contributed by atoms with Crippen LogP contribution in [0.1, 0.15) is 11.4 Å². The van der Waals surface area contributed by atoms with E-state index in [0.29, 0.717) is 11.6 Å². The van der Waals surface area contributed by atoms with Crippen molar-refractivity contribution in [2.45, 2.75) is 20.2 Å². The molecule has 1 aromatic carbocycles. The zero-order chi connectivity index (χ0) is 14.8. The van der Waals surface area contributed by atoms with E-state index in [4.69, 9.17) is 0 Å². The Bertz CT molecular complexity index is 577. The van der Waals surface area contributed by atoms with Gasteiger partial charge in [0.25, 0.3) is 0 Å². The van der Waals surface area contributed by atoms with Gasteiger partial charge in [-0.25, -0.2) is 9.97 Å². The Morgan fingerprint density at radius 2 is 1.55 bits per heavy atom. The van der Waals surface area contributed by atoms with E-state index in [9.17, 15) is 13.2 Å². The molecule has 0 saturated carbocycles. The number of aromatic nitrogens is 2. The van der Waals surface area contributed by atoms with Gasteiger partial charge in [0, 0.05) is 17.1 Å². The summed E-state index contributed by atoms with van der Waals surface area (Å²) in [4.78, 5) is 8.36. The number of ether oxygens (including phenoxy) is 1. The van der Waals surface area contributed by atoms with Crippen molar-refractivity contribution in [3.05, 3.63) is 41.7 Å². The number of nitrogens with zero attached hydrogens (tertiary/aromatic N) is 2. The SMILES string of the molecule is Cc1cc(C)nc(Nc2ccc(OC(F)(F)F)cc2)n1. The van der Waals surface area contributed by atoms with Crippen molar-refractivity contribution in [1.82, 2.24) is 9.97 Å². The lowest BCUT2D eigenvalue weighted by molar-refractivity contribution is -0.274. The van der Waals surface area contributed by atoms with E-state index < -0.39 is 6.36 Å². The summed E-state index contributed by atoms with van der Waals surface area (Å²) in [5.41, 5.74) is 2.18. The predicted octanol–water partition coefficient (Wildman–Crippen LogP) is 3.74. The summed E-state index contributed by atoms with van der Waals surface area (Å²) in [6.07, 6.45) is -4.69. The number of benzene rings is 1. The molecule has 0 atom stereocenters. The van der Waals surface area contributed by atoms with Gasteiger partial charge in [0.05, 0.1) is 0 Å². The van der Waals surface area contributed by atoms with Crippen molar-refractivity contribution in [1.29, 1.82) is 0 Å². The Morgan fingerprint density at radius 3 is 2.05 bits per heavy atom. The van der Waals surface area contributed by atoms with Gasteiger partial charge >= 0.3 is 6.36 Å². The maximum atomic E-state index is 12.0. The van der Waals surface area contributed by atoms with Gasteiger partial charge in [0.2, 0.25) is 5.95 Å². The Kier molecular flexibility index (Phi) is 3.78. The topological polar surface area (TPSA) is 47.0 Å². The number of halogens is 3. The first-order valence-electron chi connectivity index (χ1n) is 5.77. The van der Waals surface area contributed by atoms with E-state index in [2.05, 4.69) is 20.0 Å². The van der Waals surface area contributed by atoms with Crippen LogP contribution in [0.4, 0.5) is 24.8 Å². The minimum atomic E-state index is -4.69. The number of hydrogen-bond acceptors (Lipinski definition) is 4. The Labute approximate surface area is 113 Å². The van der Waals surface area contributed by atoms with Crippen LogP contribution in [-0.2, 0) is 0 Å². The summed E-state index contributed by atoms with van der Waals surface area (Å²) in [5, 5.41) is 2.92. The Balaban J connectivity index is 2.10. The lowest BCUT2D eigenvalue weighted by atomic mass is 10.3. The van der Waals surface area contributed by atoms with Gasteiger partial charge in [-0.05, 0) is 44.2 Å². The second kappa shape index (κ2) is 5.36. The van der Waals surface area contributed by atoms with Crippen molar-refractivity contribution < 1.29 is 17.9 Å². The summed E-state index contributed by atoms with van der Waals surface area (Å²) < 4.78 is 39.8. The standard InChI is InChI=1S/C13H12F3N3O/c1-8-7-9(2)18-12(17-8)19-10-3-5-11(6-4-10)20-13(14,15)16/h3-7H,1-2H3,(H,17,18,19). The second-order valence-electron chi connectivity index (χ2n) is 4.17. The molecular weight excluding hydrogens is 271 g/mol. The molecule has 0 fully saturated rings. The fraction of sp³-hybridized carbons (Fsp3) is 0.231. The Morgan fingerprint density at radius 1 is 1.00 bits per heavy atom. The maximum Gasteiger partial charge on any atom is 0.573 e. The quantitative estimate of drug-likeness (QED) is 0.932. The number of alkyl halides is 3. The summed E-state index contributed by atoms with van der Waals surface area (Å²) in [6.45, 7) is 3.67. The molecule has 2 aromatic rings. The highest BCUT2D eigenvalue weighted by Gasteiger charge is 2.30. The number of rotatable bonds is 3. The van der Waals surface area contributed by atoms with Crippen LogP contribution in [0.15, 0.2) is 30.3 Å². The van der Waals surface area contributed by atoms with Crippen LogP contribution in [0.5, 0.6) is 5.75 Å². The molecule has 0 unspecified atom stereocenters. The highest BCUT2D eigenvalue weighted by atomic mass is 19.4. The molecule has 0 aliphatic carbocycles. The Hall–Kier alpha value is -2.31. The molecule has 0 amide bonds. The molecule has 2 rings (SSSR count). The summed E-state index contributed by atoms with van der Waals surface area (Å²) >= 11 is 0. The van der Waals surface area contributed by atoms with E-state index in [1.165, 1.54) is 24.3 Å². The van der Waals surface area contributed by atoms with Crippen LogP contribution in [-0.4, -0.2) is 16.3 Å². The molecule has 1 N–H and O–H groups in total. The predicted molar refractivity (Wildman–Crippen MR) is 67.9 cm³/mol. The number of aryl methyl sites for hydroxylation is 2. The third-order valence-electron chi connectivity index (χ3n) is 2.33. The molecule has 0 spiro atoms. The van der Waals surface area contributed by atoms with Crippen LogP contribution >= 0.6 is 0 Å². The lowest BCUT2D eigenvalue weighted by Crippen LogP contribution is -2.17. The van der Waals surface area contributed by atoms with Gasteiger partial charge in [-0.15, -0.1) is 13.2 Å². The van der Waals surface area contributed by atoms with Gasteiger partial charge in [-0.1, -0.05) is 0 Å². The smallest absolute Gasteiger partial charge is 0.406 e. The first kappa shape index (κ1) is 14.1. The van der Waals surface area contributed by atoms with Crippen LogP contribution in [0.25, 0.3) is 0 Å².